The van der Waals surface area contributed by atoms with Gasteiger partial charge in [-0.1, -0.05) is 6.07 Å². The molecule has 0 aliphatic carbocycles. The van der Waals surface area contributed by atoms with E-state index >= 15 is 0 Å². The number of carbonyl (C=O) groups excluding carboxylic acids is 2. The summed E-state index contributed by atoms with van der Waals surface area (Å²) in [5.74, 6) is 0.0306. The molecule has 0 radical (unpaired) electrons. The van der Waals surface area contributed by atoms with Crippen LogP contribution >= 0.6 is 0 Å². The fourth-order valence-electron chi connectivity index (χ4n) is 2.00. The van der Waals surface area contributed by atoms with Crippen LogP contribution in [0.2, 0.25) is 0 Å². The number of esters is 1. The van der Waals surface area contributed by atoms with Gasteiger partial charge in [-0.25, -0.2) is 4.79 Å². The zero-order valence-corrected chi connectivity index (χ0v) is 13.2. The molecule has 2 rings (SSSR count). The van der Waals surface area contributed by atoms with Crippen molar-refractivity contribution in [3.8, 4) is 5.75 Å². The summed E-state index contributed by atoms with van der Waals surface area (Å²) in [6.45, 7) is 4.51. The fourth-order valence-corrected chi connectivity index (χ4v) is 2.00. The molecule has 23 heavy (non-hydrogen) atoms. The van der Waals surface area contributed by atoms with Gasteiger partial charge in [0, 0.05) is 11.3 Å². The summed E-state index contributed by atoms with van der Waals surface area (Å²) in [5, 5.41) is 2.78. The average Bonchev–Trinajstić information content (AvgIpc) is 2.56. The quantitative estimate of drug-likeness (QED) is 0.829. The Labute approximate surface area is 135 Å². The van der Waals surface area contributed by atoms with Gasteiger partial charge in [0.2, 0.25) is 0 Å². The zero-order valence-electron chi connectivity index (χ0n) is 13.2. The maximum atomic E-state index is 12.2. The Hall–Kier alpha value is -2.82. The molecule has 5 nitrogen and oxygen atoms in total. The summed E-state index contributed by atoms with van der Waals surface area (Å²) in [4.78, 5) is 23.8. The largest absolute Gasteiger partial charge is 0.494 e. The molecule has 0 saturated heterocycles. The molecule has 0 atom stereocenters. The Morgan fingerprint density at radius 1 is 0.957 bits per heavy atom. The normalized spacial score (nSPS) is 10.0. The highest BCUT2D eigenvalue weighted by Gasteiger charge is 2.09. The molecule has 0 aromatic heterocycles. The van der Waals surface area contributed by atoms with Crippen molar-refractivity contribution in [2.75, 3.05) is 18.5 Å². The first kappa shape index (κ1) is 16.5. The molecule has 0 aliphatic heterocycles. The molecule has 0 saturated carbocycles. The molecule has 120 valence electrons. The molecular weight excluding hydrogens is 294 g/mol. The maximum Gasteiger partial charge on any atom is 0.338 e. The van der Waals surface area contributed by atoms with E-state index in [-0.39, 0.29) is 11.9 Å². The van der Waals surface area contributed by atoms with Gasteiger partial charge in [0.05, 0.1) is 18.8 Å². The predicted molar refractivity (Wildman–Crippen MR) is 88.0 cm³/mol. The molecule has 2 aromatic carbocycles. The smallest absolute Gasteiger partial charge is 0.338 e. The van der Waals surface area contributed by atoms with Crippen LogP contribution in [0.4, 0.5) is 5.69 Å². The summed E-state index contributed by atoms with van der Waals surface area (Å²) in [6.07, 6.45) is 0. The number of nitrogens with one attached hydrogen (secondary N) is 1. The monoisotopic (exact) mass is 313 g/mol. The van der Waals surface area contributed by atoms with Crippen LogP contribution in [0.15, 0.2) is 48.5 Å². The van der Waals surface area contributed by atoms with Crippen molar-refractivity contribution >= 4 is 17.6 Å². The van der Waals surface area contributed by atoms with Crippen molar-refractivity contribution in [1.29, 1.82) is 0 Å². The van der Waals surface area contributed by atoms with Crippen LogP contribution in [-0.4, -0.2) is 25.1 Å². The highest BCUT2D eigenvalue weighted by atomic mass is 16.5. The third-order valence-electron chi connectivity index (χ3n) is 3.06. The summed E-state index contributed by atoms with van der Waals surface area (Å²) < 4.78 is 10.3. The van der Waals surface area contributed by atoms with Gasteiger partial charge in [-0.15, -0.1) is 0 Å². The van der Waals surface area contributed by atoms with Gasteiger partial charge in [-0.2, -0.15) is 0 Å². The van der Waals surface area contributed by atoms with Gasteiger partial charge in [-0.05, 0) is 56.3 Å². The summed E-state index contributed by atoms with van der Waals surface area (Å²) in [5.41, 5.74) is 1.55. The van der Waals surface area contributed by atoms with Crippen LogP contribution in [0.25, 0.3) is 0 Å². The molecule has 0 fully saturated rings. The van der Waals surface area contributed by atoms with E-state index in [1.165, 1.54) is 0 Å². The van der Waals surface area contributed by atoms with E-state index in [1.807, 2.05) is 6.92 Å². The first-order valence-corrected chi connectivity index (χ1v) is 7.45. The van der Waals surface area contributed by atoms with Crippen LogP contribution < -0.4 is 10.1 Å². The van der Waals surface area contributed by atoms with Crippen molar-refractivity contribution < 1.29 is 19.1 Å². The second-order valence-corrected chi connectivity index (χ2v) is 4.71. The molecule has 2 aromatic rings. The maximum absolute atomic E-state index is 12.2. The number of anilines is 1. The average molecular weight is 313 g/mol. The van der Waals surface area contributed by atoms with Crippen LogP contribution in [0.1, 0.15) is 34.6 Å². The van der Waals surface area contributed by atoms with E-state index in [9.17, 15) is 9.59 Å². The van der Waals surface area contributed by atoms with Crippen molar-refractivity contribution in [1.82, 2.24) is 0 Å². The molecular formula is C18H19NO4. The number of carbonyl (C=O) groups is 2. The van der Waals surface area contributed by atoms with Crippen molar-refractivity contribution in [2.45, 2.75) is 13.8 Å². The lowest BCUT2D eigenvalue weighted by molar-refractivity contribution is 0.0526. The Bertz CT molecular complexity index is 680. The van der Waals surface area contributed by atoms with Crippen molar-refractivity contribution in [2.24, 2.45) is 0 Å². The number of rotatable bonds is 6. The van der Waals surface area contributed by atoms with E-state index in [2.05, 4.69) is 5.32 Å². The lowest BCUT2D eigenvalue weighted by Gasteiger charge is -2.08. The Morgan fingerprint density at radius 2 is 1.70 bits per heavy atom. The Balaban J connectivity index is 2.05. The predicted octanol–water partition coefficient (Wildman–Crippen LogP) is 3.51. The number of hydrogen-bond donors (Lipinski definition) is 1. The Morgan fingerprint density at radius 3 is 2.35 bits per heavy atom. The lowest BCUT2D eigenvalue weighted by Crippen LogP contribution is -2.12. The first-order chi connectivity index (χ1) is 11.1. The molecule has 0 spiro atoms. The molecule has 0 heterocycles. The van der Waals surface area contributed by atoms with Crippen LogP contribution in [0, 0.1) is 0 Å². The molecule has 1 amide bonds. The first-order valence-electron chi connectivity index (χ1n) is 7.45. The minimum absolute atomic E-state index is 0.240. The zero-order chi connectivity index (χ0) is 16.7. The van der Waals surface area contributed by atoms with Gasteiger partial charge in [0.1, 0.15) is 5.75 Å². The molecule has 5 heteroatoms. The summed E-state index contributed by atoms with van der Waals surface area (Å²) in [6, 6.07) is 13.5. The SMILES string of the molecule is CCOC(=O)c1ccc(NC(=O)c2cccc(OCC)c2)cc1. The lowest BCUT2D eigenvalue weighted by atomic mass is 10.1. The van der Waals surface area contributed by atoms with Crippen molar-refractivity contribution in [3.05, 3.63) is 59.7 Å². The van der Waals surface area contributed by atoms with Crippen LogP contribution in [0.3, 0.4) is 0 Å². The summed E-state index contributed by atoms with van der Waals surface area (Å²) in [7, 11) is 0. The fraction of sp³-hybridized carbons (Fsp3) is 0.222. The van der Waals surface area contributed by atoms with Crippen LogP contribution in [-0.2, 0) is 4.74 Å². The highest BCUT2D eigenvalue weighted by molar-refractivity contribution is 6.04. The minimum Gasteiger partial charge on any atom is -0.494 e. The van der Waals surface area contributed by atoms with Crippen LogP contribution in [0.5, 0.6) is 5.75 Å². The van der Waals surface area contributed by atoms with Gasteiger partial charge >= 0.3 is 5.97 Å². The van der Waals surface area contributed by atoms with Gasteiger partial charge in [0.25, 0.3) is 5.91 Å². The number of benzene rings is 2. The van der Waals surface area contributed by atoms with E-state index in [1.54, 1.807) is 55.5 Å². The van der Waals surface area contributed by atoms with Crippen molar-refractivity contribution in [3.63, 3.8) is 0 Å². The minimum atomic E-state index is -0.380. The molecule has 1 N–H and O–H groups in total. The Kier molecular flexibility index (Phi) is 5.74. The number of ether oxygens (including phenoxy) is 2. The van der Waals surface area contributed by atoms with Gasteiger partial charge in [0.15, 0.2) is 0 Å². The van der Waals surface area contributed by atoms with Gasteiger partial charge < -0.3 is 14.8 Å². The number of hydrogen-bond acceptors (Lipinski definition) is 4. The standard InChI is InChI=1S/C18H19NO4/c1-3-22-16-7-5-6-14(12-16)17(20)19-15-10-8-13(9-11-15)18(21)23-4-2/h5-12H,3-4H2,1-2H3,(H,19,20). The van der Waals surface area contributed by atoms with Gasteiger partial charge in [-0.3, -0.25) is 4.79 Å². The molecule has 0 unspecified atom stereocenters. The highest BCUT2D eigenvalue weighted by Crippen LogP contribution is 2.16. The second kappa shape index (κ2) is 7.98. The third-order valence-corrected chi connectivity index (χ3v) is 3.06. The van der Waals surface area contributed by atoms with E-state index in [0.717, 1.165) is 0 Å². The summed E-state index contributed by atoms with van der Waals surface area (Å²) >= 11 is 0. The van der Waals surface area contributed by atoms with E-state index in [0.29, 0.717) is 35.8 Å². The topological polar surface area (TPSA) is 64.6 Å². The second-order valence-electron chi connectivity index (χ2n) is 4.71. The van der Waals surface area contributed by atoms with E-state index < -0.39 is 0 Å². The molecule has 0 bridgehead atoms. The van der Waals surface area contributed by atoms with E-state index in [4.69, 9.17) is 9.47 Å². The molecule has 0 aliphatic rings. The third kappa shape index (κ3) is 4.57. The number of amides is 1.